The van der Waals surface area contributed by atoms with E-state index in [1.165, 1.54) is 4.90 Å². The van der Waals surface area contributed by atoms with E-state index in [4.69, 9.17) is 4.74 Å². The van der Waals surface area contributed by atoms with E-state index in [-0.39, 0.29) is 11.8 Å². The summed E-state index contributed by atoms with van der Waals surface area (Å²) in [6.07, 6.45) is 5.96. The number of hydrogen-bond acceptors (Lipinski definition) is 3. The quantitative estimate of drug-likeness (QED) is 0.526. The predicted molar refractivity (Wildman–Crippen MR) is 58.6 cm³/mol. The van der Waals surface area contributed by atoms with Gasteiger partial charge in [-0.05, 0) is 19.3 Å². The summed E-state index contributed by atoms with van der Waals surface area (Å²) >= 11 is 0. The summed E-state index contributed by atoms with van der Waals surface area (Å²) in [6, 6.07) is 0. The number of rotatable bonds is 4. The summed E-state index contributed by atoms with van der Waals surface area (Å²) in [7, 11) is 1.61. The summed E-state index contributed by atoms with van der Waals surface area (Å²) in [5, 5.41) is 0. The maximum atomic E-state index is 11.9. The van der Waals surface area contributed by atoms with Crippen LogP contribution in [0.15, 0.2) is 23.3 Å². The first-order chi connectivity index (χ1) is 7.75. The minimum atomic E-state index is -0.146. The molecule has 16 heavy (non-hydrogen) atoms. The smallest absolute Gasteiger partial charge is 0.261 e. The largest absolute Gasteiger partial charge is 0.385 e. The third kappa shape index (κ3) is 1.80. The molecule has 0 aromatic rings. The first-order valence-electron chi connectivity index (χ1n) is 5.50. The molecule has 0 aromatic carbocycles. The highest BCUT2D eigenvalue weighted by Gasteiger charge is 2.36. The van der Waals surface area contributed by atoms with Crippen molar-refractivity contribution >= 4 is 11.8 Å². The average molecular weight is 221 g/mol. The van der Waals surface area contributed by atoms with Crippen LogP contribution in [-0.2, 0) is 14.3 Å². The second-order valence-corrected chi connectivity index (χ2v) is 3.94. The van der Waals surface area contributed by atoms with Crippen LogP contribution in [0.3, 0.4) is 0 Å². The molecule has 0 spiro atoms. The number of allylic oxidation sites excluding steroid dienone is 1. The molecule has 4 nitrogen and oxygen atoms in total. The molecule has 1 aliphatic carbocycles. The maximum Gasteiger partial charge on any atom is 0.261 e. The van der Waals surface area contributed by atoms with Gasteiger partial charge in [0.15, 0.2) is 0 Å². The second-order valence-electron chi connectivity index (χ2n) is 3.94. The summed E-state index contributed by atoms with van der Waals surface area (Å²) in [4.78, 5) is 25.1. The van der Waals surface area contributed by atoms with Gasteiger partial charge in [0.05, 0.1) is 0 Å². The van der Waals surface area contributed by atoms with Crippen LogP contribution in [0.2, 0.25) is 0 Å². The Morgan fingerprint density at radius 3 is 2.88 bits per heavy atom. The first-order valence-corrected chi connectivity index (χ1v) is 5.50. The molecule has 2 aliphatic rings. The molecule has 0 saturated carbocycles. The monoisotopic (exact) mass is 221 g/mol. The van der Waals surface area contributed by atoms with Crippen molar-refractivity contribution in [3.63, 3.8) is 0 Å². The van der Waals surface area contributed by atoms with Gasteiger partial charge >= 0.3 is 0 Å². The minimum Gasteiger partial charge on any atom is -0.385 e. The maximum absolute atomic E-state index is 11.9. The first kappa shape index (κ1) is 11.1. The molecule has 2 amide bonds. The number of carbonyl (C=O) groups is 2. The van der Waals surface area contributed by atoms with Crippen molar-refractivity contribution in [2.75, 3.05) is 20.3 Å². The van der Waals surface area contributed by atoms with Crippen LogP contribution in [0.1, 0.15) is 19.3 Å². The number of carbonyl (C=O) groups excluding carboxylic acids is 2. The number of hydrogen-bond donors (Lipinski definition) is 0. The zero-order valence-electron chi connectivity index (χ0n) is 9.36. The van der Waals surface area contributed by atoms with E-state index in [1.807, 2.05) is 6.08 Å². The molecule has 0 aromatic heterocycles. The highest BCUT2D eigenvalue weighted by Crippen LogP contribution is 2.28. The number of ether oxygens (including phenoxy) is 1. The van der Waals surface area contributed by atoms with Crippen molar-refractivity contribution in [1.29, 1.82) is 0 Å². The lowest BCUT2D eigenvalue weighted by molar-refractivity contribution is -0.137. The molecule has 1 heterocycles. The molecule has 0 unspecified atom stereocenters. The van der Waals surface area contributed by atoms with Gasteiger partial charge in [-0.2, -0.15) is 0 Å². The second kappa shape index (κ2) is 4.61. The van der Waals surface area contributed by atoms with Crippen molar-refractivity contribution in [2.45, 2.75) is 19.3 Å². The van der Waals surface area contributed by atoms with Gasteiger partial charge in [-0.15, -0.1) is 0 Å². The molecule has 0 bridgehead atoms. The van der Waals surface area contributed by atoms with Crippen LogP contribution in [0, 0.1) is 0 Å². The van der Waals surface area contributed by atoms with Crippen molar-refractivity contribution in [3.8, 4) is 0 Å². The molecule has 0 N–H and O–H groups in total. The third-order valence-corrected chi connectivity index (χ3v) is 2.88. The lowest BCUT2D eigenvalue weighted by Gasteiger charge is -2.14. The Hall–Kier alpha value is -1.42. The lowest BCUT2D eigenvalue weighted by atomic mass is 10.00. The summed E-state index contributed by atoms with van der Waals surface area (Å²) < 4.78 is 4.91. The molecule has 0 saturated heterocycles. The van der Waals surface area contributed by atoms with Gasteiger partial charge in [-0.3, -0.25) is 14.5 Å². The summed E-state index contributed by atoms with van der Waals surface area (Å²) in [6.45, 7) is 1.02. The topological polar surface area (TPSA) is 46.6 Å². The Bertz CT molecular complexity index is 382. The van der Waals surface area contributed by atoms with Crippen molar-refractivity contribution < 1.29 is 14.3 Å². The van der Waals surface area contributed by atoms with Crippen LogP contribution >= 0.6 is 0 Å². The van der Waals surface area contributed by atoms with Gasteiger partial charge in [-0.1, -0.05) is 12.2 Å². The molecule has 1 aliphatic heterocycles. The Kier molecular flexibility index (Phi) is 3.19. The zero-order chi connectivity index (χ0) is 11.5. The van der Waals surface area contributed by atoms with Crippen molar-refractivity contribution in [3.05, 3.63) is 23.3 Å². The SMILES string of the molecule is COCCCN1C(=O)C2=C(CCC=C2)C1=O. The fraction of sp³-hybridized carbons (Fsp3) is 0.500. The van der Waals surface area contributed by atoms with E-state index in [2.05, 4.69) is 0 Å². The number of methoxy groups -OCH3 is 1. The number of amides is 2. The Balaban J connectivity index is 2.07. The van der Waals surface area contributed by atoms with Gasteiger partial charge in [-0.25, -0.2) is 0 Å². The molecular weight excluding hydrogens is 206 g/mol. The van der Waals surface area contributed by atoms with Gasteiger partial charge in [0.25, 0.3) is 11.8 Å². The van der Waals surface area contributed by atoms with Gasteiger partial charge in [0.1, 0.15) is 0 Å². The number of imide groups is 1. The van der Waals surface area contributed by atoms with E-state index < -0.39 is 0 Å². The molecular formula is C12H15NO3. The highest BCUT2D eigenvalue weighted by atomic mass is 16.5. The summed E-state index contributed by atoms with van der Waals surface area (Å²) in [5.41, 5.74) is 1.28. The van der Waals surface area contributed by atoms with E-state index in [1.54, 1.807) is 13.2 Å². The van der Waals surface area contributed by atoms with Crippen LogP contribution in [0.5, 0.6) is 0 Å². The molecule has 0 fully saturated rings. The van der Waals surface area contributed by atoms with Crippen LogP contribution in [0.4, 0.5) is 0 Å². The Morgan fingerprint density at radius 1 is 1.38 bits per heavy atom. The zero-order valence-corrected chi connectivity index (χ0v) is 9.36. The standard InChI is InChI=1S/C12H15NO3/c1-16-8-4-7-13-11(14)9-5-2-3-6-10(9)12(13)15/h2,5H,3-4,6-8H2,1H3. The average Bonchev–Trinajstić information content (AvgIpc) is 2.55. The summed E-state index contributed by atoms with van der Waals surface area (Å²) in [5.74, 6) is -0.257. The number of nitrogens with zero attached hydrogens (tertiary/aromatic N) is 1. The lowest BCUT2D eigenvalue weighted by Crippen LogP contribution is -2.33. The fourth-order valence-corrected chi connectivity index (χ4v) is 2.06. The minimum absolute atomic E-state index is 0.111. The fourth-order valence-electron chi connectivity index (χ4n) is 2.06. The van der Waals surface area contributed by atoms with Gasteiger partial charge < -0.3 is 4.74 Å². The van der Waals surface area contributed by atoms with Crippen molar-refractivity contribution in [1.82, 2.24) is 4.90 Å². The molecule has 2 rings (SSSR count). The third-order valence-electron chi connectivity index (χ3n) is 2.88. The van der Waals surface area contributed by atoms with Crippen LogP contribution in [0.25, 0.3) is 0 Å². The van der Waals surface area contributed by atoms with Crippen LogP contribution < -0.4 is 0 Å². The van der Waals surface area contributed by atoms with Gasteiger partial charge in [0, 0.05) is 31.4 Å². The van der Waals surface area contributed by atoms with E-state index in [0.717, 1.165) is 6.42 Å². The molecule has 0 radical (unpaired) electrons. The van der Waals surface area contributed by atoms with E-state index in [0.29, 0.717) is 37.1 Å². The Labute approximate surface area is 94.6 Å². The Morgan fingerprint density at radius 2 is 2.19 bits per heavy atom. The highest BCUT2D eigenvalue weighted by molar-refractivity contribution is 6.20. The normalized spacial score (nSPS) is 19.7. The van der Waals surface area contributed by atoms with Gasteiger partial charge in [0.2, 0.25) is 0 Å². The molecule has 4 heteroatoms. The predicted octanol–water partition coefficient (Wildman–Crippen LogP) is 1.04. The van der Waals surface area contributed by atoms with E-state index >= 15 is 0 Å². The van der Waals surface area contributed by atoms with Crippen molar-refractivity contribution in [2.24, 2.45) is 0 Å². The molecule has 86 valence electrons. The van der Waals surface area contributed by atoms with Crippen LogP contribution in [-0.4, -0.2) is 37.0 Å². The molecule has 0 atom stereocenters. The van der Waals surface area contributed by atoms with E-state index in [9.17, 15) is 9.59 Å².